The van der Waals surface area contributed by atoms with E-state index in [4.69, 9.17) is 41.7 Å². The Morgan fingerprint density at radius 3 is 1.30 bits per heavy atom. The fourth-order valence-corrected chi connectivity index (χ4v) is 7.81. The molecule has 5 aromatic rings. The first kappa shape index (κ1) is 48.3. The minimum absolute atomic E-state index is 0. The maximum Gasteiger partial charge on any atom is 0.632 e. The fraction of sp³-hybridized carbons (Fsp3) is 0.209. The molecule has 0 saturated carbocycles. The molecule has 0 heterocycles. The highest BCUT2D eigenvalue weighted by atomic mass is 28.4. The van der Waals surface area contributed by atoms with Crippen molar-refractivity contribution >= 4 is 52.7 Å². The summed E-state index contributed by atoms with van der Waals surface area (Å²) in [4.78, 5) is 0. The maximum atomic E-state index is 7.41. The third-order valence-corrected chi connectivity index (χ3v) is 9.71. The fourth-order valence-electron chi connectivity index (χ4n) is 5.76. The number of hydrogen-bond donors (Lipinski definition) is 0. The van der Waals surface area contributed by atoms with E-state index in [-0.39, 0.29) is 86.7 Å². The van der Waals surface area contributed by atoms with Gasteiger partial charge in [-0.05, 0) is 125 Å². The van der Waals surface area contributed by atoms with Crippen molar-refractivity contribution in [3.63, 3.8) is 0 Å². The molecule has 0 saturated heterocycles. The van der Waals surface area contributed by atoms with Crippen molar-refractivity contribution in [2.24, 2.45) is 0 Å². The van der Waals surface area contributed by atoms with E-state index in [9.17, 15) is 0 Å². The van der Waals surface area contributed by atoms with Gasteiger partial charge in [0, 0.05) is 13.2 Å². The van der Waals surface area contributed by atoms with Crippen molar-refractivity contribution in [2.45, 2.75) is 39.2 Å². The second kappa shape index (κ2) is 23.4. The Balaban J connectivity index is 0.00000280. The molecule has 0 fully saturated rings. The zero-order valence-corrected chi connectivity index (χ0v) is 31.3. The van der Waals surface area contributed by atoms with Gasteiger partial charge < -0.3 is 41.7 Å². The summed E-state index contributed by atoms with van der Waals surface area (Å²) in [5.41, 5.74) is 0. The van der Waals surface area contributed by atoms with E-state index in [0.29, 0.717) is 28.7 Å². The number of para-hydroxylation sites is 5. The molecule has 0 spiro atoms. The van der Waals surface area contributed by atoms with Gasteiger partial charge in [0.1, 0.15) is 28.7 Å². The highest BCUT2D eigenvalue weighted by molar-refractivity contribution is 6.61. The first-order valence-corrected chi connectivity index (χ1v) is 19.9. The van der Waals surface area contributed by atoms with Gasteiger partial charge in [-0.2, -0.15) is 0 Å². The highest BCUT2D eigenvalue weighted by Crippen LogP contribution is 2.47. The van der Waals surface area contributed by atoms with Crippen molar-refractivity contribution < 1.29 is 41.7 Å². The molecule has 0 radical (unpaired) electrons. The lowest BCUT2D eigenvalue weighted by molar-refractivity contribution is -0.213. The van der Waals surface area contributed by atoms with Gasteiger partial charge in [0.25, 0.3) is 0 Å². The van der Waals surface area contributed by atoms with Gasteiger partial charge in [0.05, 0.1) is 13.2 Å². The standard InChI is InChI=1S/C43H44O9Si.4H4Si/c1-5-44-38-39(45-6-2)41(46-7-3)43(49-35-27-17-10-18-28-35,42(48-34-25-15-9-16-26-34)40(38)47-33-23-13-8-14-24-33)52-53(4,50-36-29-19-11-20-30-36)51-37-31-21-12-22-32-37;;;;/h8-32,41H,5-7H2,1-4H3;4*1H4. The van der Waals surface area contributed by atoms with Crippen molar-refractivity contribution in [1.82, 2.24) is 0 Å². The lowest BCUT2D eigenvalue weighted by Crippen LogP contribution is -2.65. The second-order valence-corrected chi connectivity index (χ2v) is 14.1. The molecular weight excluding hydrogens is 801 g/mol. The average molecular weight is 861 g/mol. The van der Waals surface area contributed by atoms with E-state index in [2.05, 4.69) is 0 Å². The van der Waals surface area contributed by atoms with E-state index < -0.39 is 20.7 Å². The molecule has 1 aliphatic rings. The number of hydrogen-bond acceptors (Lipinski definition) is 9. The van der Waals surface area contributed by atoms with Crippen molar-refractivity contribution in [3.05, 3.63) is 175 Å². The Kier molecular flexibility index (Phi) is 19.9. The van der Waals surface area contributed by atoms with Gasteiger partial charge in [-0.15, -0.1) is 0 Å². The molecule has 1 aliphatic carbocycles. The minimum Gasteiger partial charge on any atom is -0.492 e. The van der Waals surface area contributed by atoms with Crippen LogP contribution >= 0.6 is 0 Å². The molecule has 0 N–H and O–H groups in total. The van der Waals surface area contributed by atoms with Crippen molar-refractivity contribution in [3.8, 4) is 28.7 Å². The Morgan fingerprint density at radius 2 is 0.877 bits per heavy atom. The van der Waals surface area contributed by atoms with Gasteiger partial charge in [-0.25, -0.2) is 0 Å². The number of ether oxygens (including phenoxy) is 6. The number of benzene rings is 5. The van der Waals surface area contributed by atoms with Crippen LogP contribution in [-0.4, -0.2) is 84.4 Å². The van der Waals surface area contributed by atoms with Gasteiger partial charge in [-0.1, -0.05) is 91.0 Å². The Bertz CT molecular complexity index is 1900. The van der Waals surface area contributed by atoms with Crippen LogP contribution in [0.2, 0.25) is 6.55 Å². The van der Waals surface area contributed by atoms with Crippen LogP contribution in [0, 0.1) is 0 Å². The van der Waals surface area contributed by atoms with E-state index in [1.807, 2.05) is 172 Å². The largest absolute Gasteiger partial charge is 0.632 e. The summed E-state index contributed by atoms with van der Waals surface area (Å²) < 4.78 is 61.3. The molecule has 9 nitrogen and oxygen atoms in total. The van der Waals surface area contributed by atoms with Crippen LogP contribution in [0.1, 0.15) is 20.8 Å². The van der Waals surface area contributed by atoms with Crippen LogP contribution in [0.5, 0.6) is 28.7 Å². The first-order chi connectivity index (χ1) is 26.0. The van der Waals surface area contributed by atoms with E-state index in [0.717, 1.165) is 0 Å². The maximum absolute atomic E-state index is 7.41. The molecule has 6 rings (SSSR count). The predicted octanol–water partition coefficient (Wildman–Crippen LogP) is 3.77. The predicted molar refractivity (Wildman–Crippen MR) is 249 cm³/mol. The Hall–Kier alpha value is -4.82. The zero-order chi connectivity index (χ0) is 36.9. The molecule has 2 unspecified atom stereocenters. The van der Waals surface area contributed by atoms with E-state index in [1.165, 1.54) is 0 Å². The van der Waals surface area contributed by atoms with Crippen LogP contribution < -0.4 is 23.1 Å². The van der Waals surface area contributed by atoms with Gasteiger partial charge >= 0.3 is 14.6 Å². The van der Waals surface area contributed by atoms with E-state index >= 15 is 0 Å². The Labute approximate surface area is 355 Å². The average Bonchev–Trinajstić information content (AvgIpc) is 3.18. The summed E-state index contributed by atoms with van der Waals surface area (Å²) in [6.07, 6.45) is -1.14. The highest BCUT2D eigenvalue weighted by Gasteiger charge is 2.64. The second-order valence-electron chi connectivity index (χ2n) is 11.8. The summed E-state index contributed by atoms with van der Waals surface area (Å²) in [5, 5.41) is 0. The third-order valence-electron chi connectivity index (χ3n) is 7.83. The molecule has 5 aromatic carbocycles. The van der Waals surface area contributed by atoms with Crippen LogP contribution in [0.25, 0.3) is 0 Å². The summed E-state index contributed by atoms with van der Waals surface area (Å²) in [5.74, 6) is 1.28. The molecule has 0 amide bonds. The lowest BCUT2D eigenvalue weighted by Gasteiger charge is -2.46. The summed E-state index contributed by atoms with van der Waals surface area (Å²) in [6, 6.07) is 46.6. The number of rotatable bonds is 18. The van der Waals surface area contributed by atoms with Crippen LogP contribution in [0.15, 0.2) is 175 Å². The van der Waals surface area contributed by atoms with Crippen molar-refractivity contribution in [2.75, 3.05) is 19.8 Å². The molecule has 0 aliphatic heterocycles. The SMILES string of the molecule is CCOC1=C(OCC)C(OCC)C(Oc2ccccc2)(O[Si](C)(Oc2ccccc2)Oc2ccccc2)C(Oc2ccccc2)=C1Oc1ccccc1.[SiH4].[SiH4].[SiH4].[SiH4]. The molecule has 2 atom stereocenters. The zero-order valence-electron chi connectivity index (χ0n) is 30.3. The monoisotopic (exact) mass is 860 g/mol. The molecular formula is C43H60O9Si5. The quantitative estimate of drug-likeness (QED) is 0.0968. The normalized spacial score (nSPS) is 16.0. The summed E-state index contributed by atoms with van der Waals surface area (Å²) in [7, 11) is -3.98. The third kappa shape index (κ3) is 12.1. The van der Waals surface area contributed by atoms with Crippen LogP contribution in [-0.2, 0) is 18.6 Å². The molecule has 0 aromatic heterocycles. The van der Waals surface area contributed by atoms with Crippen molar-refractivity contribution in [1.29, 1.82) is 0 Å². The first-order valence-electron chi connectivity index (χ1n) is 17.7. The lowest BCUT2D eigenvalue weighted by atomic mass is 9.96. The van der Waals surface area contributed by atoms with E-state index in [1.54, 1.807) is 6.55 Å². The molecule has 57 heavy (non-hydrogen) atoms. The summed E-state index contributed by atoms with van der Waals surface area (Å²) in [6.45, 7) is 8.22. The molecule has 0 bridgehead atoms. The van der Waals surface area contributed by atoms with Gasteiger partial charge in [0.2, 0.25) is 17.3 Å². The molecule has 14 heteroatoms. The van der Waals surface area contributed by atoms with Crippen LogP contribution in [0.3, 0.4) is 0 Å². The minimum atomic E-state index is -3.98. The smallest absolute Gasteiger partial charge is 0.492 e. The van der Waals surface area contributed by atoms with Crippen LogP contribution in [0.4, 0.5) is 0 Å². The molecule has 306 valence electrons. The van der Waals surface area contributed by atoms with Gasteiger partial charge in [0.15, 0.2) is 11.9 Å². The van der Waals surface area contributed by atoms with Gasteiger partial charge in [-0.3, -0.25) is 0 Å². The summed E-state index contributed by atoms with van der Waals surface area (Å²) >= 11 is 0. The Morgan fingerprint density at radius 1 is 0.474 bits per heavy atom. The topological polar surface area (TPSA) is 83.1 Å².